The molecule has 1 unspecified atom stereocenters. The number of para-hydroxylation sites is 1. The molecule has 4 aromatic carbocycles. The zero-order valence-electron chi connectivity index (χ0n) is 22.3. The molecular weight excluding hydrogens is 490 g/mol. The first-order valence-corrected chi connectivity index (χ1v) is 12.6. The molecule has 0 radical (unpaired) electrons. The quantitative estimate of drug-likeness (QED) is 0.168. The summed E-state index contributed by atoms with van der Waals surface area (Å²) >= 11 is 0. The van der Waals surface area contributed by atoms with Crippen molar-refractivity contribution in [2.24, 2.45) is 0 Å². The number of nitrogens with zero attached hydrogens (tertiary/aromatic N) is 1. The number of aliphatic hydroxyl groups is 1. The minimum atomic E-state index is -0.868. The fourth-order valence-corrected chi connectivity index (χ4v) is 4.97. The van der Waals surface area contributed by atoms with E-state index in [4.69, 9.17) is 9.47 Å². The summed E-state index contributed by atoms with van der Waals surface area (Å²) in [6.45, 7) is 5.62. The maximum Gasteiger partial charge on any atom is 0.300 e. The van der Waals surface area contributed by atoms with E-state index in [2.05, 4.69) is 0 Å². The van der Waals surface area contributed by atoms with Crippen LogP contribution in [0.1, 0.15) is 33.9 Å². The SMILES string of the molecule is COc1cc(C)c(/C(O)=C2\C(=O)C(=O)N(c3cccc(C)c3)C2c2cccc(Oc3ccccc3)c2)cc1C. The number of carbonyl (C=O) groups excluding carboxylic acids is 2. The van der Waals surface area contributed by atoms with Crippen molar-refractivity contribution in [3.8, 4) is 17.2 Å². The number of hydrogen-bond acceptors (Lipinski definition) is 5. The maximum absolute atomic E-state index is 13.6. The van der Waals surface area contributed by atoms with Gasteiger partial charge in [-0.3, -0.25) is 14.5 Å². The molecule has 0 aliphatic carbocycles. The molecule has 39 heavy (non-hydrogen) atoms. The normalized spacial score (nSPS) is 16.4. The number of hydrogen-bond donors (Lipinski definition) is 1. The van der Waals surface area contributed by atoms with Gasteiger partial charge in [0, 0.05) is 11.3 Å². The number of aliphatic hydroxyl groups excluding tert-OH is 1. The van der Waals surface area contributed by atoms with Crippen LogP contribution < -0.4 is 14.4 Å². The van der Waals surface area contributed by atoms with E-state index in [0.29, 0.717) is 34.1 Å². The lowest BCUT2D eigenvalue weighted by molar-refractivity contribution is -0.132. The number of carbonyl (C=O) groups is 2. The van der Waals surface area contributed by atoms with E-state index < -0.39 is 17.7 Å². The summed E-state index contributed by atoms with van der Waals surface area (Å²) in [4.78, 5) is 28.6. The van der Waals surface area contributed by atoms with Gasteiger partial charge in [0.2, 0.25) is 0 Å². The summed E-state index contributed by atoms with van der Waals surface area (Å²) in [5.74, 6) is 0.195. The van der Waals surface area contributed by atoms with Crippen LogP contribution in [0.4, 0.5) is 5.69 Å². The highest BCUT2D eigenvalue weighted by atomic mass is 16.5. The van der Waals surface area contributed by atoms with Crippen LogP contribution in [0.25, 0.3) is 5.76 Å². The Labute approximate surface area is 227 Å². The Bertz CT molecular complexity index is 1610. The van der Waals surface area contributed by atoms with Gasteiger partial charge in [0.05, 0.1) is 18.7 Å². The number of ether oxygens (including phenoxy) is 2. The monoisotopic (exact) mass is 519 g/mol. The van der Waals surface area contributed by atoms with Gasteiger partial charge in [-0.25, -0.2) is 0 Å². The molecule has 0 saturated carbocycles. The number of ketones is 1. The lowest BCUT2D eigenvalue weighted by Gasteiger charge is -2.26. The van der Waals surface area contributed by atoms with Crippen LogP contribution in [-0.4, -0.2) is 23.9 Å². The van der Waals surface area contributed by atoms with Crippen molar-refractivity contribution in [1.29, 1.82) is 0 Å². The summed E-state index contributed by atoms with van der Waals surface area (Å²) in [5, 5.41) is 11.6. The highest BCUT2D eigenvalue weighted by Crippen LogP contribution is 2.44. The fraction of sp³-hybridized carbons (Fsp3) is 0.152. The van der Waals surface area contributed by atoms with Gasteiger partial charge in [-0.2, -0.15) is 0 Å². The Hall–Kier alpha value is -4.84. The number of anilines is 1. The zero-order chi connectivity index (χ0) is 27.7. The number of amides is 1. The van der Waals surface area contributed by atoms with Crippen LogP contribution in [0.2, 0.25) is 0 Å². The third kappa shape index (κ3) is 4.89. The van der Waals surface area contributed by atoms with Gasteiger partial charge in [-0.15, -0.1) is 0 Å². The molecule has 5 rings (SSSR count). The average molecular weight is 520 g/mol. The van der Waals surface area contributed by atoms with Gasteiger partial charge >= 0.3 is 0 Å². The van der Waals surface area contributed by atoms with Crippen molar-refractivity contribution in [3.63, 3.8) is 0 Å². The van der Waals surface area contributed by atoms with Crippen LogP contribution in [0, 0.1) is 20.8 Å². The minimum absolute atomic E-state index is 0.0195. The summed E-state index contributed by atoms with van der Waals surface area (Å²) in [6, 6.07) is 26.7. The molecule has 1 aliphatic heterocycles. The summed E-state index contributed by atoms with van der Waals surface area (Å²) < 4.78 is 11.5. The van der Waals surface area contributed by atoms with Crippen LogP contribution in [0.5, 0.6) is 17.2 Å². The predicted octanol–water partition coefficient (Wildman–Crippen LogP) is 7.04. The van der Waals surface area contributed by atoms with E-state index in [1.165, 1.54) is 4.90 Å². The predicted molar refractivity (Wildman–Crippen MR) is 151 cm³/mol. The molecule has 1 fully saturated rings. The van der Waals surface area contributed by atoms with Crippen LogP contribution in [-0.2, 0) is 9.59 Å². The molecule has 1 saturated heterocycles. The number of benzene rings is 4. The third-order valence-electron chi connectivity index (χ3n) is 6.87. The van der Waals surface area contributed by atoms with Crippen molar-refractivity contribution >= 4 is 23.1 Å². The Morgan fingerprint density at radius 3 is 2.23 bits per heavy atom. The number of rotatable bonds is 6. The van der Waals surface area contributed by atoms with E-state index >= 15 is 0 Å². The third-order valence-corrected chi connectivity index (χ3v) is 6.87. The molecular formula is C33H29NO5. The molecule has 0 spiro atoms. The highest BCUT2D eigenvalue weighted by molar-refractivity contribution is 6.51. The lowest BCUT2D eigenvalue weighted by atomic mass is 9.92. The minimum Gasteiger partial charge on any atom is -0.507 e. The van der Waals surface area contributed by atoms with E-state index in [-0.39, 0.29) is 11.3 Å². The molecule has 1 amide bonds. The lowest BCUT2D eigenvalue weighted by Crippen LogP contribution is -2.29. The second-order valence-electron chi connectivity index (χ2n) is 9.63. The number of Topliss-reactive ketones (excluding diaryl/α,β-unsaturated/α-hetero) is 1. The van der Waals surface area contributed by atoms with Gasteiger partial charge < -0.3 is 14.6 Å². The molecule has 0 aromatic heterocycles. The van der Waals surface area contributed by atoms with Crippen LogP contribution >= 0.6 is 0 Å². The Morgan fingerprint density at radius 2 is 1.51 bits per heavy atom. The summed E-state index contributed by atoms with van der Waals surface area (Å²) in [6.07, 6.45) is 0. The van der Waals surface area contributed by atoms with Crippen molar-refractivity contribution < 1.29 is 24.2 Å². The van der Waals surface area contributed by atoms with Crippen LogP contribution in [0.3, 0.4) is 0 Å². The highest BCUT2D eigenvalue weighted by Gasteiger charge is 2.47. The smallest absolute Gasteiger partial charge is 0.300 e. The second kappa shape index (κ2) is 10.5. The molecule has 1 heterocycles. The fourth-order valence-electron chi connectivity index (χ4n) is 4.97. The first kappa shape index (κ1) is 25.8. The first-order valence-electron chi connectivity index (χ1n) is 12.6. The summed E-state index contributed by atoms with van der Waals surface area (Å²) in [7, 11) is 1.58. The van der Waals surface area contributed by atoms with E-state index in [1.54, 1.807) is 25.3 Å². The molecule has 1 aliphatic rings. The second-order valence-corrected chi connectivity index (χ2v) is 9.63. The van der Waals surface area contributed by atoms with Gasteiger partial charge in [0.1, 0.15) is 23.0 Å². The molecule has 1 N–H and O–H groups in total. The molecule has 4 aromatic rings. The van der Waals surface area contributed by atoms with E-state index in [1.807, 2.05) is 93.6 Å². The molecule has 6 nitrogen and oxygen atoms in total. The average Bonchev–Trinajstić information content (AvgIpc) is 3.20. The van der Waals surface area contributed by atoms with E-state index in [9.17, 15) is 14.7 Å². The van der Waals surface area contributed by atoms with Crippen molar-refractivity contribution in [3.05, 3.63) is 124 Å². The van der Waals surface area contributed by atoms with Gasteiger partial charge in [0.25, 0.3) is 11.7 Å². The Balaban J connectivity index is 1.70. The largest absolute Gasteiger partial charge is 0.507 e. The standard InChI is InChI=1S/C33H29NO5/c1-20-10-8-12-24(16-20)34-30(23-11-9-15-26(19-23)39-25-13-6-5-7-14-25)29(32(36)33(34)37)31(35)27-17-22(3)28(38-4)18-21(27)2/h5-19,30,35H,1-4H3/b31-29+. The molecule has 196 valence electrons. The molecule has 6 heteroatoms. The zero-order valence-corrected chi connectivity index (χ0v) is 22.3. The van der Waals surface area contributed by atoms with Gasteiger partial charge in [-0.05, 0) is 91.6 Å². The van der Waals surface area contributed by atoms with Crippen LogP contribution in [0.15, 0.2) is 96.6 Å². The van der Waals surface area contributed by atoms with E-state index in [0.717, 1.165) is 16.7 Å². The van der Waals surface area contributed by atoms with Crippen molar-refractivity contribution in [2.45, 2.75) is 26.8 Å². The Morgan fingerprint density at radius 1 is 0.795 bits per heavy atom. The topological polar surface area (TPSA) is 76.1 Å². The number of methoxy groups -OCH3 is 1. The van der Waals surface area contributed by atoms with Crippen molar-refractivity contribution in [2.75, 3.05) is 12.0 Å². The van der Waals surface area contributed by atoms with Crippen molar-refractivity contribution in [1.82, 2.24) is 0 Å². The molecule has 1 atom stereocenters. The Kier molecular flexibility index (Phi) is 6.94. The summed E-state index contributed by atoms with van der Waals surface area (Å²) in [5.41, 5.74) is 4.15. The number of aryl methyl sites for hydroxylation is 3. The maximum atomic E-state index is 13.6. The first-order chi connectivity index (χ1) is 18.8. The van der Waals surface area contributed by atoms with Gasteiger partial charge in [-0.1, -0.05) is 42.5 Å². The molecule has 0 bridgehead atoms. The van der Waals surface area contributed by atoms with Gasteiger partial charge in [0.15, 0.2) is 0 Å².